The topological polar surface area (TPSA) is 24.1 Å². The summed E-state index contributed by atoms with van der Waals surface area (Å²) in [6.07, 6.45) is 3.80. The molecule has 1 aromatic rings. The van der Waals surface area contributed by atoms with E-state index < -0.39 is 0 Å². The van der Waals surface area contributed by atoms with Crippen molar-refractivity contribution in [1.29, 1.82) is 0 Å². The van der Waals surface area contributed by atoms with Gasteiger partial charge in [-0.3, -0.25) is 0 Å². The molecule has 2 rings (SSSR count). The zero-order valence-electron chi connectivity index (χ0n) is 9.67. The molecule has 0 spiro atoms. The standard InChI is InChI=1S/C13H19BrN2/c1-15-13(9-12-6-3-7-16-12)10-4-2-5-11(14)8-10/h2,4-5,8,12-13,15-16H,3,6-7,9H2,1H3. The number of hydrogen-bond donors (Lipinski definition) is 2. The fraction of sp³-hybridized carbons (Fsp3) is 0.538. The summed E-state index contributed by atoms with van der Waals surface area (Å²) < 4.78 is 1.16. The average molecular weight is 283 g/mol. The van der Waals surface area contributed by atoms with Crippen LogP contribution in [0.5, 0.6) is 0 Å². The van der Waals surface area contributed by atoms with E-state index in [-0.39, 0.29) is 0 Å². The van der Waals surface area contributed by atoms with Crippen molar-refractivity contribution in [2.24, 2.45) is 0 Å². The summed E-state index contributed by atoms with van der Waals surface area (Å²) in [7, 11) is 2.04. The first-order chi connectivity index (χ1) is 7.79. The third kappa shape index (κ3) is 3.06. The van der Waals surface area contributed by atoms with Crippen LogP contribution in [0.25, 0.3) is 0 Å². The van der Waals surface area contributed by atoms with Crippen molar-refractivity contribution in [1.82, 2.24) is 10.6 Å². The minimum absolute atomic E-state index is 0.452. The van der Waals surface area contributed by atoms with Crippen molar-refractivity contribution in [2.45, 2.75) is 31.3 Å². The summed E-state index contributed by atoms with van der Waals surface area (Å²) in [6, 6.07) is 9.71. The Kier molecular flexibility index (Phi) is 4.38. The third-order valence-corrected chi connectivity index (χ3v) is 3.78. The van der Waals surface area contributed by atoms with Crippen molar-refractivity contribution in [3.05, 3.63) is 34.3 Å². The maximum Gasteiger partial charge on any atom is 0.0332 e. The number of halogens is 1. The van der Waals surface area contributed by atoms with E-state index in [0.29, 0.717) is 12.1 Å². The van der Waals surface area contributed by atoms with Gasteiger partial charge in [-0.05, 0) is 50.6 Å². The van der Waals surface area contributed by atoms with Gasteiger partial charge in [-0.25, -0.2) is 0 Å². The van der Waals surface area contributed by atoms with E-state index in [2.05, 4.69) is 50.8 Å². The zero-order chi connectivity index (χ0) is 11.4. The highest BCUT2D eigenvalue weighted by molar-refractivity contribution is 9.10. The van der Waals surface area contributed by atoms with Crippen LogP contribution < -0.4 is 10.6 Å². The summed E-state index contributed by atoms with van der Waals surface area (Å²) in [5.74, 6) is 0. The van der Waals surface area contributed by atoms with Crippen LogP contribution in [0.3, 0.4) is 0 Å². The molecule has 0 bridgehead atoms. The molecule has 0 amide bonds. The number of rotatable bonds is 4. The molecule has 0 aliphatic carbocycles. The Labute approximate surface area is 106 Å². The molecule has 1 heterocycles. The molecular weight excluding hydrogens is 264 g/mol. The Morgan fingerprint density at radius 3 is 3.06 bits per heavy atom. The van der Waals surface area contributed by atoms with Gasteiger partial charge in [-0.15, -0.1) is 0 Å². The molecule has 2 nitrogen and oxygen atoms in total. The van der Waals surface area contributed by atoms with Crippen molar-refractivity contribution in [2.75, 3.05) is 13.6 Å². The molecule has 0 radical (unpaired) electrons. The first kappa shape index (κ1) is 12.1. The maximum atomic E-state index is 3.55. The second-order valence-electron chi connectivity index (χ2n) is 4.43. The van der Waals surface area contributed by atoms with E-state index in [1.807, 2.05) is 7.05 Å². The molecule has 0 aromatic heterocycles. The van der Waals surface area contributed by atoms with E-state index in [1.165, 1.54) is 31.4 Å². The fourth-order valence-corrected chi connectivity index (χ4v) is 2.80. The van der Waals surface area contributed by atoms with Gasteiger partial charge in [0, 0.05) is 16.6 Å². The normalized spacial score (nSPS) is 22.2. The van der Waals surface area contributed by atoms with Crippen LogP contribution in [-0.2, 0) is 0 Å². The van der Waals surface area contributed by atoms with Gasteiger partial charge < -0.3 is 10.6 Å². The van der Waals surface area contributed by atoms with Crippen molar-refractivity contribution in [3.8, 4) is 0 Å². The van der Waals surface area contributed by atoms with E-state index in [9.17, 15) is 0 Å². The van der Waals surface area contributed by atoms with E-state index >= 15 is 0 Å². The number of nitrogens with one attached hydrogen (secondary N) is 2. The van der Waals surface area contributed by atoms with Gasteiger partial charge in [0.05, 0.1) is 0 Å². The van der Waals surface area contributed by atoms with Crippen molar-refractivity contribution >= 4 is 15.9 Å². The molecule has 2 N–H and O–H groups in total. The molecule has 1 aliphatic heterocycles. The van der Waals surface area contributed by atoms with Crippen LogP contribution in [-0.4, -0.2) is 19.6 Å². The third-order valence-electron chi connectivity index (χ3n) is 3.28. The SMILES string of the molecule is CNC(CC1CCCN1)c1cccc(Br)c1. The average Bonchev–Trinajstić information content (AvgIpc) is 2.78. The highest BCUT2D eigenvalue weighted by Gasteiger charge is 2.19. The molecular formula is C13H19BrN2. The van der Waals surface area contributed by atoms with Crippen molar-refractivity contribution < 1.29 is 0 Å². The first-order valence-electron chi connectivity index (χ1n) is 5.95. The molecule has 1 aliphatic rings. The summed E-state index contributed by atoms with van der Waals surface area (Å²) in [4.78, 5) is 0. The molecule has 2 unspecified atom stereocenters. The monoisotopic (exact) mass is 282 g/mol. The lowest BCUT2D eigenvalue weighted by molar-refractivity contribution is 0.453. The van der Waals surface area contributed by atoms with Gasteiger partial charge in [-0.1, -0.05) is 28.1 Å². The van der Waals surface area contributed by atoms with E-state index in [0.717, 1.165) is 4.47 Å². The Hall–Kier alpha value is -0.380. The molecule has 0 saturated carbocycles. The minimum Gasteiger partial charge on any atom is -0.314 e. The van der Waals surface area contributed by atoms with Crippen LogP contribution in [0, 0.1) is 0 Å². The zero-order valence-corrected chi connectivity index (χ0v) is 11.3. The summed E-state index contributed by atoms with van der Waals surface area (Å²) >= 11 is 3.53. The molecule has 1 aromatic carbocycles. The van der Waals surface area contributed by atoms with Gasteiger partial charge in [-0.2, -0.15) is 0 Å². The second-order valence-corrected chi connectivity index (χ2v) is 5.34. The molecule has 2 atom stereocenters. The fourth-order valence-electron chi connectivity index (χ4n) is 2.39. The van der Waals surface area contributed by atoms with Gasteiger partial charge in [0.25, 0.3) is 0 Å². The summed E-state index contributed by atoms with van der Waals surface area (Å²) in [6.45, 7) is 1.18. The van der Waals surface area contributed by atoms with Crippen LogP contribution in [0.1, 0.15) is 30.9 Å². The highest BCUT2D eigenvalue weighted by Crippen LogP contribution is 2.24. The Bertz CT molecular complexity index is 334. The van der Waals surface area contributed by atoms with E-state index in [4.69, 9.17) is 0 Å². The smallest absolute Gasteiger partial charge is 0.0332 e. The lowest BCUT2D eigenvalue weighted by Crippen LogP contribution is -2.28. The van der Waals surface area contributed by atoms with Crippen LogP contribution in [0.15, 0.2) is 28.7 Å². The van der Waals surface area contributed by atoms with Crippen molar-refractivity contribution in [3.63, 3.8) is 0 Å². The highest BCUT2D eigenvalue weighted by atomic mass is 79.9. The molecule has 16 heavy (non-hydrogen) atoms. The largest absolute Gasteiger partial charge is 0.314 e. The van der Waals surface area contributed by atoms with E-state index in [1.54, 1.807) is 0 Å². The van der Waals surface area contributed by atoms with Crippen LogP contribution >= 0.6 is 15.9 Å². The van der Waals surface area contributed by atoms with Gasteiger partial charge in [0.15, 0.2) is 0 Å². The Balaban J connectivity index is 2.03. The maximum absolute atomic E-state index is 3.55. The predicted octanol–water partition coefficient (Wildman–Crippen LogP) is 2.85. The Morgan fingerprint density at radius 2 is 2.44 bits per heavy atom. The minimum atomic E-state index is 0.452. The first-order valence-corrected chi connectivity index (χ1v) is 6.75. The lowest BCUT2D eigenvalue weighted by Gasteiger charge is -2.21. The summed E-state index contributed by atoms with van der Waals surface area (Å²) in [5, 5.41) is 6.97. The quantitative estimate of drug-likeness (QED) is 0.888. The molecule has 3 heteroatoms. The summed E-state index contributed by atoms with van der Waals surface area (Å²) in [5.41, 5.74) is 1.37. The number of benzene rings is 1. The van der Waals surface area contributed by atoms with Crippen LogP contribution in [0.2, 0.25) is 0 Å². The lowest BCUT2D eigenvalue weighted by atomic mass is 9.99. The molecule has 1 fully saturated rings. The van der Waals surface area contributed by atoms with Gasteiger partial charge in [0.2, 0.25) is 0 Å². The van der Waals surface area contributed by atoms with Gasteiger partial charge in [0.1, 0.15) is 0 Å². The molecule has 1 saturated heterocycles. The molecule has 88 valence electrons. The second kappa shape index (κ2) is 5.80. The number of hydrogen-bond acceptors (Lipinski definition) is 2. The Morgan fingerprint density at radius 1 is 1.56 bits per heavy atom. The van der Waals surface area contributed by atoms with Crippen LogP contribution in [0.4, 0.5) is 0 Å². The van der Waals surface area contributed by atoms with Gasteiger partial charge >= 0.3 is 0 Å². The predicted molar refractivity (Wildman–Crippen MR) is 71.6 cm³/mol.